The van der Waals surface area contributed by atoms with E-state index in [0.717, 1.165) is 22.4 Å². The molecular weight excluding hydrogens is 436 g/mol. The largest absolute Gasteiger partial charge is 0.273 e. The van der Waals surface area contributed by atoms with E-state index in [-0.39, 0.29) is 5.41 Å². The third kappa shape index (κ3) is 11.4. The third-order valence-corrected chi connectivity index (χ3v) is 7.47. The second-order valence-corrected chi connectivity index (χ2v) is 11.8. The molecule has 0 fully saturated rings. The van der Waals surface area contributed by atoms with Crippen molar-refractivity contribution < 1.29 is 0 Å². The first-order valence-corrected chi connectivity index (χ1v) is 15.0. The standard InChI is InChI=1S/C29H50N4S/c1-5-6-7-8-9-10-11-12-13-14-15-16-17-18-19-20-25-34-28-32-31-27(29(2,3)4)33(28)26-21-23-30-24-22-26/h21-24H,5-20,25H2,1-4H3. The predicted molar refractivity (Wildman–Crippen MR) is 148 cm³/mol. The maximum atomic E-state index is 4.53. The van der Waals surface area contributed by atoms with Crippen LogP contribution in [0.3, 0.4) is 0 Å². The second-order valence-electron chi connectivity index (χ2n) is 10.7. The molecule has 0 atom stereocenters. The van der Waals surface area contributed by atoms with Crippen molar-refractivity contribution in [3.8, 4) is 5.69 Å². The van der Waals surface area contributed by atoms with Crippen molar-refractivity contribution in [2.75, 3.05) is 5.75 Å². The van der Waals surface area contributed by atoms with Gasteiger partial charge >= 0.3 is 0 Å². The molecule has 0 amide bonds. The summed E-state index contributed by atoms with van der Waals surface area (Å²) in [4.78, 5) is 4.17. The lowest BCUT2D eigenvalue weighted by Gasteiger charge is -2.19. The highest BCUT2D eigenvalue weighted by Crippen LogP contribution is 2.29. The molecule has 2 aromatic rings. The molecule has 0 aliphatic heterocycles. The predicted octanol–water partition coefficient (Wildman–Crippen LogP) is 9.31. The van der Waals surface area contributed by atoms with E-state index in [1.54, 1.807) is 0 Å². The van der Waals surface area contributed by atoms with E-state index >= 15 is 0 Å². The molecular formula is C29H50N4S. The van der Waals surface area contributed by atoms with Crippen LogP contribution in [0.5, 0.6) is 0 Å². The quantitative estimate of drug-likeness (QED) is 0.146. The van der Waals surface area contributed by atoms with Crippen molar-refractivity contribution >= 4 is 11.8 Å². The SMILES string of the molecule is CCCCCCCCCCCCCCCCCCSc1nnc(C(C)(C)C)n1-c1ccncc1. The number of nitrogens with zero attached hydrogens (tertiary/aromatic N) is 4. The van der Waals surface area contributed by atoms with E-state index in [2.05, 4.69) is 47.4 Å². The van der Waals surface area contributed by atoms with Gasteiger partial charge in [0.15, 0.2) is 5.16 Å². The summed E-state index contributed by atoms with van der Waals surface area (Å²) in [5, 5.41) is 10.1. The lowest BCUT2D eigenvalue weighted by atomic mass is 9.95. The molecule has 0 aromatic carbocycles. The number of aromatic nitrogens is 4. The zero-order valence-corrected chi connectivity index (χ0v) is 23.3. The van der Waals surface area contributed by atoms with Crippen molar-refractivity contribution in [1.29, 1.82) is 0 Å². The zero-order chi connectivity index (χ0) is 24.5. The maximum absolute atomic E-state index is 4.53. The second kappa shape index (κ2) is 17.1. The summed E-state index contributed by atoms with van der Waals surface area (Å²) in [7, 11) is 0. The summed E-state index contributed by atoms with van der Waals surface area (Å²) in [5.41, 5.74) is 1.04. The molecule has 192 valence electrons. The molecule has 2 rings (SSSR count). The Morgan fingerprint density at radius 3 is 1.62 bits per heavy atom. The Morgan fingerprint density at radius 2 is 1.15 bits per heavy atom. The number of hydrogen-bond acceptors (Lipinski definition) is 4. The number of unbranched alkanes of at least 4 members (excludes halogenated alkanes) is 15. The lowest BCUT2D eigenvalue weighted by molar-refractivity contribution is 0.529. The van der Waals surface area contributed by atoms with Crippen LogP contribution in [0.4, 0.5) is 0 Å². The fourth-order valence-electron chi connectivity index (χ4n) is 4.39. The number of pyridine rings is 1. The average Bonchev–Trinajstić information content (AvgIpc) is 3.26. The minimum Gasteiger partial charge on any atom is -0.273 e. The first kappa shape index (κ1) is 28.9. The number of thioether (sulfide) groups is 1. The normalized spacial score (nSPS) is 11.9. The van der Waals surface area contributed by atoms with E-state index in [1.165, 1.54) is 103 Å². The van der Waals surface area contributed by atoms with Crippen molar-refractivity contribution in [3.05, 3.63) is 30.4 Å². The van der Waals surface area contributed by atoms with Gasteiger partial charge in [0.05, 0.1) is 5.69 Å². The molecule has 4 nitrogen and oxygen atoms in total. The summed E-state index contributed by atoms with van der Waals surface area (Å²) in [6.07, 6.45) is 26.2. The third-order valence-electron chi connectivity index (χ3n) is 6.45. The van der Waals surface area contributed by atoms with Gasteiger partial charge < -0.3 is 0 Å². The molecule has 2 aromatic heterocycles. The highest BCUT2D eigenvalue weighted by Gasteiger charge is 2.24. The molecule has 0 saturated carbocycles. The minimum atomic E-state index is -0.0523. The van der Waals surface area contributed by atoms with Crippen LogP contribution in [0.1, 0.15) is 136 Å². The van der Waals surface area contributed by atoms with Gasteiger partial charge in [-0.15, -0.1) is 10.2 Å². The van der Waals surface area contributed by atoms with E-state index in [9.17, 15) is 0 Å². The Kier molecular flexibility index (Phi) is 14.5. The van der Waals surface area contributed by atoms with Crippen LogP contribution in [0.25, 0.3) is 5.69 Å². The molecule has 5 heteroatoms. The van der Waals surface area contributed by atoms with Crippen LogP contribution >= 0.6 is 11.8 Å². The fourth-order valence-corrected chi connectivity index (χ4v) is 5.34. The summed E-state index contributed by atoms with van der Waals surface area (Å²) in [6.45, 7) is 8.87. The van der Waals surface area contributed by atoms with Gasteiger partial charge in [0.1, 0.15) is 5.82 Å². The lowest BCUT2D eigenvalue weighted by Crippen LogP contribution is -2.18. The molecule has 0 N–H and O–H groups in total. The van der Waals surface area contributed by atoms with Gasteiger partial charge in [0.25, 0.3) is 0 Å². The van der Waals surface area contributed by atoms with Crippen molar-refractivity contribution in [2.45, 2.75) is 141 Å². The van der Waals surface area contributed by atoms with Crippen LogP contribution in [0.15, 0.2) is 29.7 Å². The highest BCUT2D eigenvalue weighted by atomic mass is 32.2. The molecule has 0 spiro atoms. The number of rotatable bonds is 19. The van der Waals surface area contributed by atoms with E-state index in [0.29, 0.717) is 0 Å². The Labute approximate surface area is 214 Å². The van der Waals surface area contributed by atoms with Crippen LogP contribution < -0.4 is 0 Å². The first-order valence-electron chi connectivity index (χ1n) is 14.0. The summed E-state index contributed by atoms with van der Waals surface area (Å²) in [5.74, 6) is 2.11. The van der Waals surface area contributed by atoms with Crippen LogP contribution in [0, 0.1) is 0 Å². The maximum Gasteiger partial charge on any atom is 0.195 e. The van der Waals surface area contributed by atoms with Gasteiger partial charge in [-0.1, -0.05) is 136 Å². The Hall–Kier alpha value is -1.36. The summed E-state index contributed by atoms with van der Waals surface area (Å²) >= 11 is 1.83. The van der Waals surface area contributed by atoms with E-state index in [1.807, 2.05) is 36.3 Å². The number of hydrogen-bond donors (Lipinski definition) is 0. The zero-order valence-electron chi connectivity index (χ0n) is 22.5. The van der Waals surface area contributed by atoms with Gasteiger partial charge in [-0.2, -0.15) is 0 Å². The van der Waals surface area contributed by atoms with Crippen molar-refractivity contribution in [3.63, 3.8) is 0 Å². The fraction of sp³-hybridized carbons (Fsp3) is 0.759. The van der Waals surface area contributed by atoms with Crippen molar-refractivity contribution in [2.24, 2.45) is 0 Å². The molecule has 2 heterocycles. The Balaban J connectivity index is 1.52. The van der Waals surface area contributed by atoms with E-state index < -0.39 is 0 Å². The first-order chi connectivity index (χ1) is 16.5. The van der Waals surface area contributed by atoms with Gasteiger partial charge in [0, 0.05) is 23.6 Å². The minimum absolute atomic E-state index is 0.0523. The van der Waals surface area contributed by atoms with Crippen molar-refractivity contribution in [1.82, 2.24) is 19.7 Å². The molecule has 0 radical (unpaired) electrons. The topological polar surface area (TPSA) is 43.6 Å². The smallest absolute Gasteiger partial charge is 0.195 e. The Morgan fingerprint density at radius 1 is 0.676 bits per heavy atom. The molecule has 0 aliphatic rings. The van der Waals surface area contributed by atoms with Gasteiger partial charge in [-0.05, 0) is 18.6 Å². The Bertz CT molecular complexity index is 751. The molecule has 34 heavy (non-hydrogen) atoms. The molecule has 0 unspecified atom stereocenters. The van der Waals surface area contributed by atoms with Crippen LogP contribution in [0.2, 0.25) is 0 Å². The van der Waals surface area contributed by atoms with Crippen LogP contribution in [-0.2, 0) is 5.41 Å². The van der Waals surface area contributed by atoms with Gasteiger partial charge in [0.2, 0.25) is 0 Å². The van der Waals surface area contributed by atoms with Gasteiger partial charge in [-0.3, -0.25) is 9.55 Å². The molecule has 0 aliphatic carbocycles. The molecule has 0 bridgehead atoms. The monoisotopic (exact) mass is 486 g/mol. The summed E-state index contributed by atoms with van der Waals surface area (Å²) in [6, 6.07) is 4.08. The average molecular weight is 487 g/mol. The van der Waals surface area contributed by atoms with E-state index in [4.69, 9.17) is 0 Å². The highest BCUT2D eigenvalue weighted by molar-refractivity contribution is 7.99. The van der Waals surface area contributed by atoms with Crippen LogP contribution in [-0.4, -0.2) is 25.5 Å². The molecule has 0 saturated heterocycles. The van der Waals surface area contributed by atoms with Gasteiger partial charge in [-0.25, -0.2) is 0 Å². The summed E-state index contributed by atoms with van der Waals surface area (Å²) < 4.78 is 2.21.